The first-order chi connectivity index (χ1) is 13.4. The summed E-state index contributed by atoms with van der Waals surface area (Å²) in [5.74, 6) is 0.947. The summed E-state index contributed by atoms with van der Waals surface area (Å²) in [4.78, 5) is 13.3. The molecule has 3 rings (SSSR count). The predicted octanol–water partition coefficient (Wildman–Crippen LogP) is 3.32. The Morgan fingerprint density at radius 3 is 2.68 bits per heavy atom. The van der Waals surface area contributed by atoms with Crippen LogP contribution in [0, 0.1) is 0 Å². The lowest BCUT2D eigenvalue weighted by atomic mass is 10.2. The van der Waals surface area contributed by atoms with Crippen molar-refractivity contribution in [3.8, 4) is 11.5 Å². The molecule has 0 saturated heterocycles. The number of fused-ring (bicyclic) bond motifs is 1. The van der Waals surface area contributed by atoms with Gasteiger partial charge in [0, 0.05) is 23.9 Å². The third-order valence-electron chi connectivity index (χ3n) is 4.19. The van der Waals surface area contributed by atoms with Crippen molar-refractivity contribution >= 4 is 39.1 Å². The minimum atomic E-state index is -3.50. The van der Waals surface area contributed by atoms with Crippen molar-refractivity contribution in [2.45, 2.75) is 17.7 Å². The molecule has 2 aromatic rings. The Hall–Kier alpha value is -2.39. The van der Waals surface area contributed by atoms with Crippen LogP contribution in [0.25, 0.3) is 0 Å². The smallest absolute Gasteiger partial charge is 0.232 e. The summed E-state index contributed by atoms with van der Waals surface area (Å²) >= 11 is 1.55. The number of thioether (sulfide) groups is 1. The van der Waals surface area contributed by atoms with Gasteiger partial charge in [-0.2, -0.15) is 0 Å². The first-order valence-electron chi connectivity index (χ1n) is 8.69. The topological polar surface area (TPSA) is 84.9 Å². The highest BCUT2D eigenvalue weighted by atomic mass is 32.2. The lowest BCUT2D eigenvalue weighted by Gasteiger charge is -2.22. The van der Waals surface area contributed by atoms with Gasteiger partial charge in [-0.25, -0.2) is 8.42 Å². The Balaban J connectivity index is 1.62. The molecule has 1 heterocycles. The van der Waals surface area contributed by atoms with E-state index < -0.39 is 10.0 Å². The second-order valence-electron chi connectivity index (χ2n) is 6.22. The molecule has 7 nitrogen and oxygen atoms in total. The average Bonchev–Trinajstić information content (AvgIpc) is 3.12. The van der Waals surface area contributed by atoms with Crippen LogP contribution in [-0.2, 0) is 14.8 Å². The molecule has 1 aliphatic rings. The molecule has 1 N–H and O–H groups in total. The summed E-state index contributed by atoms with van der Waals surface area (Å²) in [7, 11) is -3.50. The molecule has 0 radical (unpaired) electrons. The standard InChI is InChI=1S/C19H22N2O5S2/c1-27-18-7-4-3-6-15(18)20-19(22)8-5-11-21(28(2,23)24)14-9-10-16-17(12-14)26-13-25-16/h3-4,6-7,9-10,12H,5,8,11,13H2,1-2H3,(H,20,22). The Morgan fingerprint density at radius 2 is 1.93 bits per heavy atom. The maximum absolute atomic E-state index is 12.3. The van der Waals surface area contributed by atoms with Crippen molar-refractivity contribution in [1.29, 1.82) is 0 Å². The number of nitrogens with one attached hydrogen (secondary N) is 1. The van der Waals surface area contributed by atoms with Crippen LogP contribution in [-0.4, -0.2) is 40.2 Å². The molecule has 0 fully saturated rings. The van der Waals surface area contributed by atoms with Crippen molar-refractivity contribution in [2.24, 2.45) is 0 Å². The van der Waals surface area contributed by atoms with Crippen molar-refractivity contribution < 1.29 is 22.7 Å². The van der Waals surface area contributed by atoms with Gasteiger partial charge in [0.1, 0.15) is 0 Å². The van der Waals surface area contributed by atoms with Gasteiger partial charge in [0.2, 0.25) is 22.7 Å². The number of anilines is 2. The third kappa shape index (κ3) is 4.90. The quantitative estimate of drug-likeness (QED) is 0.657. The molecule has 150 valence electrons. The molecule has 0 atom stereocenters. The van der Waals surface area contributed by atoms with E-state index in [1.165, 1.54) is 4.31 Å². The molecular formula is C19H22N2O5S2. The Morgan fingerprint density at radius 1 is 1.18 bits per heavy atom. The fourth-order valence-corrected chi connectivity index (χ4v) is 4.38. The summed E-state index contributed by atoms with van der Waals surface area (Å²) in [6, 6.07) is 12.5. The molecule has 0 aromatic heterocycles. The number of carbonyl (C=O) groups is 1. The van der Waals surface area contributed by atoms with Crippen LogP contribution in [0.15, 0.2) is 47.4 Å². The predicted molar refractivity (Wildman–Crippen MR) is 111 cm³/mol. The van der Waals surface area contributed by atoms with Crippen molar-refractivity contribution in [2.75, 3.05) is 35.5 Å². The van der Waals surface area contributed by atoms with Crippen LogP contribution in [0.2, 0.25) is 0 Å². The van der Waals surface area contributed by atoms with E-state index >= 15 is 0 Å². The van der Waals surface area contributed by atoms with Gasteiger partial charge < -0.3 is 14.8 Å². The van der Waals surface area contributed by atoms with Crippen molar-refractivity contribution in [1.82, 2.24) is 0 Å². The molecule has 0 unspecified atom stereocenters. The highest BCUT2D eigenvalue weighted by Crippen LogP contribution is 2.36. The number of para-hydroxylation sites is 1. The number of amides is 1. The van der Waals surface area contributed by atoms with Crippen LogP contribution in [0.1, 0.15) is 12.8 Å². The lowest BCUT2D eigenvalue weighted by molar-refractivity contribution is -0.116. The molecule has 2 aromatic carbocycles. The number of nitrogens with zero attached hydrogens (tertiary/aromatic N) is 1. The summed E-state index contributed by atoms with van der Waals surface area (Å²) in [6.45, 7) is 0.311. The maximum Gasteiger partial charge on any atom is 0.232 e. The van der Waals surface area contributed by atoms with Crippen LogP contribution in [0.3, 0.4) is 0 Å². The van der Waals surface area contributed by atoms with Gasteiger partial charge in [-0.05, 0) is 36.9 Å². The zero-order valence-electron chi connectivity index (χ0n) is 15.7. The van der Waals surface area contributed by atoms with Crippen molar-refractivity contribution in [3.63, 3.8) is 0 Å². The van der Waals surface area contributed by atoms with E-state index in [9.17, 15) is 13.2 Å². The molecule has 0 spiro atoms. The molecule has 9 heteroatoms. The van der Waals surface area contributed by atoms with E-state index in [-0.39, 0.29) is 25.7 Å². The monoisotopic (exact) mass is 422 g/mol. The van der Waals surface area contributed by atoms with Gasteiger partial charge >= 0.3 is 0 Å². The molecule has 1 amide bonds. The first-order valence-corrected chi connectivity index (χ1v) is 11.8. The lowest BCUT2D eigenvalue weighted by Crippen LogP contribution is -2.31. The average molecular weight is 423 g/mol. The summed E-state index contributed by atoms with van der Waals surface area (Å²) in [6.07, 6.45) is 3.68. The van der Waals surface area contributed by atoms with E-state index in [4.69, 9.17) is 9.47 Å². The number of ether oxygens (including phenoxy) is 2. The molecule has 0 aliphatic carbocycles. The van der Waals surface area contributed by atoms with E-state index in [0.29, 0.717) is 23.6 Å². The zero-order chi connectivity index (χ0) is 20.1. The van der Waals surface area contributed by atoms with Crippen LogP contribution in [0.4, 0.5) is 11.4 Å². The van der Waals surface area contributed by atoms with Crippen LogP contribution < -0.4 is 19.1 Å². The molecule has 0 saturated carbocycles. The SMILES string of the molecule is CSc1ccccc1NC(=O)CCCN(c1ccc2c(c1)OCO2)S(C)(=O)=O. The fraction of sp³-hybridized carbons (Fsp3) is 0.316. The molecular weight excluding hydrogens is 400 g/mol. The number of sulfonamides is 1. The van der Waals surface area contributed by atoms with Gasteiger partial charge in [0.25, 0.3) is 0 Å². The van der Waals surface area contributed by atoms with Crippen LogP contribution in [0.5, 0.6) is 11.5 Å². The summed E-state index contributed by atoms with van der Waals surface area (Å²) in [5.41, 5.74) is 1.25. The van der Waals surface area contributed by atoms with Gasteiger partial charge in [-0.3, -0.25) is 9.10 Å². The fourth-order valence-electron chi connectivity index (χ4n) is 2.87. The second kappa shape index (κ2) is 8.74. The van der Waals surface area contributed by atoms with E-state index in [2.05, 4.69) is 5.32 Å². The third-order valence-corrected chi connectivity index (χ3v) is 6.18. The Labute approximate surface area is 169 Å². The molecule has 28 heavy (non-hydrogen) atoms. The highest BCUT2D eigenvalue weighted by Gasteiger charge is 2.21. The maximum atomic E-state index is 12.3. The van der Waals surface area contributed by atoms with E-state index in [1.54, 1.807) is 30.0 Å². The number of hydrogen-bond donors (Lipinski definition) is 1. The van der Waals surface area contributed by atoms with E-state index in [0.717, 1.165) is 16.8 Å². The zero-order valence-corrected chi connectivity index (χ0v) is 17.3. The summed E-state index contributed by atoms with van der Waals surface area (Å²) in [5, 5.41) is 2.88. The highest BCUT2D eigenvalue weighted by molar-refractivity contribution is 7.98. The minimum Gasteiger partial charge on any atom is -0.454 e. The van der Waals surface area contributed by atoms with Gasteiger partial charge in [-0.1, -0.05) is 12.1 Å². The number of carbonyl (C=O) groups excluding carboxylic acids is 1. The minimum absolute atomic E-state index is 0.120. The van der Waals surface area contributed by atoms with Gasteiger partial charge in [0.15, 0.2) is 11.5 Å². The number of rotatable bonds is 8. The second-order valence-corrected chi connectivity index (χ2v) is 8.98. The number of benzene rings is 2. The van der Waals surface area contributed by atoms with Crippen LogP contribution >= 0.6 is 11.8 Å². The molecule has 1 aliphatic heterocycles. The molecule has 0 bridgehead atoms. The summed E-state index contributed by atoms with van der Waals surface area (Å²) < 4.78 is 36.3. The largest absolute Gasteiger partial charge is 0.454 e. The van der Waals surface area contributed by atoms with E-state index in [1.807, 2.05) is 30.5 Å². The van der Waals surface area contributed by atoms with Gasteiger partial charge in [0.05, 0.1) is 17.6 Å². The Kier molecular flexibility index (Phi) is 6.35. The number of hydrogen-bond acceptors (Lipinski definition) is 6. The van der Waals surface area contributed by atoms with Gasteiger partial charge in [-0.15, -0.1) is 11.8 Å². The Bertz CT molecular complexity index is 963. The first kappa shape index (κ1) is 20.3. The van der Waals surface area contributed by atoms with Crippen molar-refractivity contribution in [3.05, 3.63) is 42.5 Å². The normalized spacial score (nSPS) is 12.6.